The summed E-state index contributed by atoms with van der Waals surface area (Å²) in [4.78, 5) is 17.8. The number of aryl methyl sites for hydroxylation is 1. The van der Waals surface area contributed by atoms with Crippen LogP contribution in [0.2, 0.25) is 0 Å². The molecule has 1 aliphatic rings. The Morgan fingerprint density at radius 2 is 1.81 bits per heavy atom. The average molecular weight is 444 g/mol. The molecular formula is C25H37N3O4. The zero-order valence-corrected chi connectivity index (χ0v) is 19.8. The summed E-state index contributed by atoms with van der Waals surface area (Å²) in [6.07, 6.45) is 7.00. The van der Waals surface area contributed by atoms with E-state index in [1.54, 1.807) is 0 Å². The van der Waals surface area contributed by atoms with Crippen LogP contribution < -0.4 is 0 Å². The van der Waals surface area contributed by atoms with Crippen LogP contribution in [0.25, 0.3) is 11.4 Å². The van der Waals surface area contributed by atoms with Gasteiger partial charge in [-0.05, 0) is 30.2 Å². The predicted molar refractivity (Wildman–Crippen MR) is 123 cm³/mol. The number of carbonyl (C=O) groups is 1. The van der Waals surface area contributed by atoms with Crippen molar-refractivity contribution in [1.29, 1.82) is 0 Å². The highest BCUT2D eigenvalue weighted by atomic mass is 16.5. The van der Waals surface area contributed by atoms with Gasteiger partial charge >= 0.3 is 6.09 Å². The van der Waals surface area contributed by atoms with Crippen molar-refractivity contribution in [3.05, 3.63) is 35.7 Å². The molecule has 32 heavy (non-hydrogen) atoms. The lowest BCUT2D eigenvalue weighted by Gasteiger charge is -2.45. The summed E-state index contributed by atoms with van der Waals surface area (Å²) in [6.45, 7) is 8.11. The second-order valence-corrected chi connectivity index (χ2v) is 9.89. The Kier molecular flexibility index (Phi) is 7.59. The van der Waals surface area contributed by atoms with E-state index < -0.39 is 23.2 Å². The molecule has 0 radical (unpaired) electrons. The van der Waals surface area contributed by atoms with E-state index in [0.29, 0.717) is 12.2 Å². The van der Waals surface area contributed by atoms with Gasteiger partial charge in [-0.3, -0.25) is 4.90 Å². The first-order valence-corrected chi connectivity index (χ1v) is 11.8. The van der Waals surface area contributed by atoms with Gasteiger partial charge in [0.15, 0.2) is 5.54 Å². The van der Waals surface area contributed by atoms with Crippen LogP contribution in [0.1, 0.15) is 84.1 Å². The number of hydrogen-bond acceptors (Lipinski definition) is 5. The largest absolute Gasteiger partial charge is 0.465 e. The van der Waals surface area contributed by atoms with Gasteiger partial charge < -0.3 is 14.7 Å². The standard InChI is InChI=1S/C25H37N3O4/c1-5-6-7-8-9-10-11-18-12-14-19(15-13-18)21-26-22(32-27-21)25(24(2,3)4)20(29)16-17-28(25)23(30)31/h12-15,20,29H,5-11,16-17H2,1-4H3,(H,30,31)/t20-,25-/m0/s1. The van der Waals surface area contributed by atoms with Crippen LogP contribution in [-0.2, 0) is 12.0 Å². The van der Waals surface area contributed by atoms with Crippen LogP contribution in [-0.4, -0.2) is 44.0 Å². The molecule has 176 valence electrons. The summed E-state index contributed by atoms with van der Waals surface area (Å²) in [5.41, 5.74) is 0.154. The van der Waals surface area contributed by atoms with Crippen molar-refractivity contribution in [3.8, 4) is 11.4 Å². The fourth-order valence-corrected chi connectivity index (χ4v) is 4.97. The first-order chi connectivity index (χ1) is 15.2. The molecule has 1 amide bonds. The zero-order chi connectivity index (χ0) is 23.4. The Balaban J connectivity index is 1.76. The predicted octanol–water partition coefficient (Wildman–Crippen LogP) is 5.63. The van der Waals surface area contributed by atoms with Gasteiger partial charge in [0.2, 0.25) is 5.82 Å². The van der Waals surface area contributed by atoms with E-state index in [0.717, 1.165) is 12.0 Å². The van der Waals surface area contributed by atoms with Crippen LogP contribution in [0, 0.1) is 5.41 Å². The molecular weight excluding hydrogens is 406 g/mol. The third-order valence-corrected chi connectivity index (χ3v) is 6.69. The van der Waals surface area contributed by atoms with E-state index >= 15 is 0 Å². The van der Waals surface area contributed by atoms with Gasteiger partial charge in [0.1, 0.15) is 0 Å². The number of aliphatic hydroxyl groups excluding tert-OH is 1. The summed E-state index contributed by atoms with van der Waals surface area (Å²) in [6, 6.07) is 8.13. The van der Waals surface area contributed by atoms with Crippen molar-refractivity contribution < 1.29 is 19.5 Å². The lowest BCUT2D eigenvalue weighted by atomic mass is 9.70. The fraction of sp³-hybridized carbons (Fsp3) is 0.640. The summed E-state index contributed by atoms with van der Waals surface area (Å²) in [7, 11) is 0. The maximum atomic E-state index is 12.0. The Morgan fingerprint density at radius 1 is 1.16 bits per heavy atom. The van der Waals surface area contributed by atoms with Gasteiger partial charge in [0.25, 0.3) is 5.89 Å². The molecule has 3 rings (SSSR count). The third kappa shape index (κ3) is 4.68. The van der Waals surface area contributed by atoms with Gasteiger partial charge in [0.05, 0.1) is 6.10 Å². The maximum Gasteiger partial charge on any atom is 0.408 e. The van der Waals surface area contributed by atoms with Crippen molar-refractivity contribution in [2.75, 3.05) is 6.54 Å². The van der Waals surface area contributed by atoms with E-state index in [9.17, 15) is 15.0 Å². The Morgan fingerprint density at radius 3 is 2.44 bits per heavy atom. The smallest absolute Gasteiger partial charge is 0.408 e. The van der Waals surface area contributed by atoms with Gasteiger partial charge in [-0.2, -0.15) is 4.98 Å². The molecule has 7 heteroatoms. The molecule has 1 saturated heterocycles. The highest BCUT2D eigenvalue weighted by Crippen LogP contribution is 2.51. The molecule has 1 aliphatic heterocycles. The average Bonchev–Trinajstić information content (AvgIpc) is 3.36. The highest BCUT2D eigenvalue weighted by molar-refractivity contribution is 5.67. The quantitative estimate of drug-likeness (QED) is 0.488. The van der Waals surface area contributed by atoms with E-state index in [4.69, 9.17) is 4.52 Å². The minimum Gasteiger partial charge on any atom is -0.465 e. The van der Waals surface area contributed by atoms with Crippen LogP contribution in [0.3, 0.4) is 0 Å². The molecule has 2 heterocycles. The Hall–Kier alpha value is -2.41. The molecule has 0 spiro atoms. The lowest BCUT2D eigenvalue weighted by Crippen LogP contribution is -2.58. The minimum absolute atomic E-state index is 0.142. The number of likely N-dealkylation sites (tertiary alicyclic amines) is 1. The van der Waals surface area contributed by atoms with Gasteiger partial charge in [-0.25, -0.2) is 4.79 Å². The molecule has 2 atom stereocenters. The van der Waals surface area contributed by atoms with Gasteiger partial charge in [-0.15, -0.1) is 0 Å². The van der Waals surface area contributed by atoms with Crippen LogP contribution in [0.15, 0.2) is 28.8 Å². The van der Waals surface area contributed by atoms with Crippen LogP contribution in [0.4, 0.5) is 4.79 Å². The molecule has 2 N–H and O–H groups in total. The minimum atomic E-state index is -1.29. The third-order valence-electron chi connectivity index (χ3n) is 6.69. The molecule has 1 fully saturated rings. The number of aliphatic hydroxyl groups is 1. The number of benzene rings is 1. The lowest BCUT2D eigenvalue weighted by molar-refractivity contribution is -0.0650. The molecule has 1 aromatic carbocycles. The fourth-order valence-electron chi connectivity index (χ4n) is 4.97. The molecule has 1 aromatic heterocycles. The number of aromatic nitrogens is 2. The van der Waals surface area contributed by atoms with Crippen molar-refractivity contribution in [3.63, 3.8) is 0 Å². The van der Waals surface area contributed by atoms with E-state index in [-0.39, 0.29) is 12.4 Å². The molecule has 2 aromatic rings. The van der Waals surface area contributed by atoms with Crippen LogP contribution in [0.5, 0.6) is 0 Å². The first-order valence-electron chi connectivity index (χ1n) is 11.8. The first kappa shape index (κ1) is 24.2. The topological polar surface area (TPSA) is 99.7 Å². The van der Waals surface area contributed by atoms with Crippen LogP contribution >= 0.6 is 0 Å². The number of hydrogen-bond donors (Lipinski definition) is 2. The van der Waals surface area contributed by atoms with Crippen molar-refractivity contribution in [1.82, 2.24) is 15.0 Å². The van der Waals surface area contributed by atoms with E-state index in [1.165, 1.54) is 49.0 Å². The highest BCUT2D eigenvalue weighted by Gasteiger charge is 2.62. The summed E-state index contributed by atoms with van der Waals surface area (Å²) < 4.78 is 5.60. The SMILES string of the molecule is CCCCCCCCc1ccc(-c2noc([C@]3(C(C)(C)C)[C@@H](O)CCN3C(=O)O)n2)cc1. The second-order valence-electron chi connectivity index (χ2n) is 9.89. The Bertz CT molecular complexity index is 887. The molecule has 0 aliphatic carbocycles. The van der Waals surface area contributed by atoms with Crippen molar-refractivity contribution in [2.24, 2.45) is 5.41 Å². The monoisotopic (exact) mass is 443 g/mol. The summed E-state index contributed by atoms with van der Waals surface area (Å²) in [5.74, 6) is 0.544. The second kappa shape index (κ2) is 10.0. The zero-order valence-electron chi connectivity index (χ0n) is 19.8. The molecule has 7 nitrogen and oxygen atoms in total. The number of carboxylic acid groups (broad SMARTS) is 1. The van der Waals surface area contributed by atoms with Crippen molar-refractivity contribution in [2.45, 2.75) is 90.7 Å². The summed E-state index contributed by atoms with van der Waals surface area (Å²) in [5, 5.41) is 24.8. The normalized spacial score (nSPS) is 21.3. The summed E-state index contributed by atoms with van der Waals surface area (Å²) >= 11 is 0. The number of rotatable bonds is 9. The van der Waals surface area contributed by atoms with E-state index in [2.05, 4.69) is 29.2 Å². The van der Waals surface area contributed by atoms with Gasteiger partial charge in [0, 0.05) is 12.1 Å². The number of amides is 1. The van der Waals surface area contributed by atoms with E-state index in [1.807, 2.05) is 32.9 Å². The molecule has 0 saturated carbocycles. The van der Waals surface area contributed by atoms with Crippen molar-refractivity contribution >= 4 is 6.09 Å². The number of nitrogens with zero attached hydrogens (tertiary/aromatic N) is 3. The Labute approximate surface area is 190 Å². The molecule has 0 bridgehead atoms. The number of unbranched alkanes of at least 4 members (excludes halogenated alkanes) is 5. The maximum absolute atomic E-state index is 12.0. The molecule has 0 unspecified atom stereocenters. The van der Waals surface area contributed by atoms with Gasteiger partial charge in [-0.1, -0.05) is 89.2 Å².